The molecule has 0 aliphatic carbocycles. The van der Waals surface area contributed by atoms with Crippen LogP contribution in [0.15, 0.2) is 41.2 Å². The zero-order chi connectivity index (χ0) is 21.4. The number of nitrogens with zero attached hydrogens (tertiary/aromatic N) is 4. The number of benzene rings is 1. The second-order valence-electron chi connectivity index (χ2n) is 6.74. The number of anilines is 1. The van der Waals surface area contributed by atoms with Gasteiger partial charge in [0.2, 0.25) is 0 Å². The first-order valence-electron chi connectivity index (χ1n) is 8.94. The lowest BCUT2D eigenvalue weighted by Gasteiger charge is -2.13. The molecule has 1 amide bonds. The van der Waals surface area contributed by atoms with Gasteiger partial charge in [-0.2, -0.15) is 13.9 Å². The summed E-state index contributed by atoms with van der Waals surface area (Å²) in [6, 6.07) is 6.20. The minimum Gasteiger partial charge on any atom is -0.433 e. The van der Waals surface area contributed by atoms with Crippen molar-refractivity contribution >= 4 is 22.7 Å². The van der Waals surface area contributed by atoms with Crippen LogP contribution in [-0.2, 0) is 7.05 Å². The molecular weight excluding hydrogens is 396 g/mol. The molecule has 0 atom stereocenters. The molecule has 0 radical (unpaired) electrons. The number of amides is 1. The van der Waals surface area contributed by atoms with Crippen molar-refractivity contribution in [2.45, 2.75) is 20.5 Å². The van der Waals surface area contributed by atoms with Crippen molar-refractivity contribution in [2.24, 2.45) is 7.05 Å². The highest BCUT2D eigenvalue weighted by Gasteiger charge is 2.21. The SMILES string of the molecule is Cc1ccc(NC(=O)c2cc(-c3cnn(C)c3)nc3onc(C)c23)c(OC(F)F)c1. The quantitative estimate of drug-likeness (QED) is 0.529. The Kier molecular flexibility index (Phi) is 4.90. The molecule has 0 bridgehead atoms. The van der Waals surface area contributed by atoms with E-state index in [1.807, 2.05) is 0 Å². The van der Waals surface area contributed by atoms with Crippen LogP contribution in [0.4, 0.5) is 14.5 Å². The molecule has 8 nitrogen and oxygen atoms in total. The summed E-state index contributed by atoms with van der Waals surface area (Å²) in [6.07, 6.45) is 3.35. The van der Waals surface area contributed by atoms with Crippen LogP contribution < -0.4 is 10.1 Å². The summed E-state index contributed by atoms with van der Waals surface area (Å²) in [5.74, 6) is -0.667. The Labute approximate surface area is 169 Å². The number of ether oxygens (including phenoxy) is 1. The van der Waals surface area contributed by atoms with Crippen LogP contribution in [0, 0.1) is 13.8 Å². The number of alkyl halides is 2. The lowest BCUT2D eigenvalue weighted by atomic mass is 10.1. The van der Waals surface area contributed by atoms with E-state index in [1.54, 1.807) is 50.1 Å². The standard InChI is InChI=1S/C20H17F2N5O3/c1-10-4-5-14(16(6-10)29-20(21)22)24-18(28)13-7-15(12-8-23-27(3)9-12)25-19-17(13)11(2)26-30-19/h4-9,20H,1-3H3,(H,24,28). The summed E-state index contributed by atoms with van der Waals surface area (Å²) in [5.41, 5.74) is 2.88. The summed E-state index contributed by atoms with van der Waals surface area (Å²) in [6.45, 7) is 0.398. The molecule has 3 aromatic heterocycles. The molecule has 0 aliphatic heterocycles. The molecule has 0 saturated heterocycles. The van der Waals surface area contributed by atoms with Gasteiger partial charge in [-0.15, -0.1) is 0 Å². The fourth-order valence-corrected chi connectivity index (χ4v) is 3.09. The van der Waals surface area contributed by atoms with Gasteiger partial charge in [0.15, 0.2) is 0 Å². The monoisotopic (exact) mass is 413 g/mol. The first-order chi connectivity index (χ1) is 14.3. The molecule has 1 N–H and O–H groups in total. The summed E-state index contributed by atoms with van der Waals surface area (Å²) in [5, 5.41) is 11.1. The van der Waals surface area contributed by atoms with Gasteiger partial charge in [-0.05, 0) is 37.6 Å². The number of carbonyl (C=O) groups is 1. The van der Waals surface area contributed by atoms with E-state index in [-0.39, 0.29) is 22.7 Å². The van der Waals surface area contributed by atoms with Crippen molar-refractivity contribution in [1.29, 1.82) is 0 Å². The molecule has 30 heavy (non-hydrogen) atoms. The lowest BCUT2D eigenvalue weighted by Crippen LogP contribution is -2.15. The zero-order valence-electron chi connectivity index (χ0n) is 16.3. The van der Waals surface area contributed by atoms with Crippen LogP contribution >= 0.6 is 0 Å². The third-order valence-electron chi connectivity index (χ3n) is 4.46. The third-order valence-corrected chi connectivity index (χ3v) is 4.46. The minimum atomic E-state index is -3.02. The summed E-state index contributed by atoms with van der Waals surface area (Å²) >= 11 is 0. The molecule has 0 unspecified atom stereocenters. The molecule has 0 fully saturated rings. The number of carbonyl (C=O) groups excluding carboxylic acids is 1. The van der Waals surface area contributed by atoms with Crippen molar-refractivity contribution in [3.8, 4) is 17.0 Å². The molecule has 3 heterocycles. The molecule has 0 saturated carbocycles. The maximum atomic E-state index is 13.1. The molecule has 4 rings (SSSR count). The number of aromatic nitrogens is 4. The lowest BCUT2D eigenvalue weighted by molar-refractivity contribution is -0.0494. The van der Waals surface area contributed by atoms with E-state index in [1.165, 1.54) is 12.1 Å². The summed E-state index contributed by atoms with van der Waals surface area (Å²) < 4.78 is 37.0. The van der Waals surface area contributed by atoms with E-state index in [9.17, 15) is 13.6 Å². The van der Waals surface area contributed by atoms with E-state index >= 15 is 0 Å². The Hall–Kier alpha value is -3.82. The van der Waals surface area contributed by atoms with Crippen LogP contribution in [0.3, 0.4) is 0 Å². The van der Waals surface area contributed by atoms with Gasteiger partial charge in [0, 0.05) is 18.8 Å². The average Bonchev–Trinajstić information content (AvgIpc) is 3.29. The first kappa shape index (κ1) is 19.5. The van der Waals surface area contributed by atoms with Gasteiger partial charge >= 0.3 is 6.61 Å². The summed E-state index contributed by atoms with van der Waals surface area (Å²) in [7, 11) is 1.76. The van der Waals surface area contributed by atoms with E-state index in [2.05, 4.69) is 25.3 Å². The Morgan fingerprint density at radius 2 is 2.07 bits per heavy atom. The Balaban J connectivity index is 1.77. The minimum absolute atomic E-state index is 0.118. The Morgan fingerprint density at radius 3 is 2.77 bits per heavy atom. The van der Waals surface area contributed by atoms with Gasteiger partial charge in [-0.1, -0.05) is 11.2 Å². The molecule has 10 heteroatoms. The number of pyridine rings is 1. The largest absolute Gasteiger partial charge is 0.433 e. The fourth-order valence-electron chi connectivity index (χ4n) is 3.09. The first-order valence-corrected chi connectivity index (χ1v) is 8.94. The topological polar surface area (TPSA) is 95.1 Å². The third kappa shape index (κ3) is 3.71. The second-order valence-corrected chi connectivity index (χ2v) is 6.74. The van der Waals surface area contributed by atoms with Gasteiger partial charge < -0.3 is 14.6 Å². The Morgan fingerprint density at radius 1 is 1.27 bits per heavy atom. The van der Waals surface area contributed by atoms with Gasteiger partial charge in [-0.25, -0.2) is 4.98 Å². The van der Waals surface area contributed by atoms with E-state index in [0.717, 1.165) is 0 Å². The smallest absolute Gasteiger partial charge is 0.387 e. The van der Waals surface area contributed by atoms with Gasteiger partial charge in [0.25, 0.3) is 11.6 Å². The number of hydrogen-bond donors (Lipinski definition) is 1. The highest BCUT2D eigenvalue weighted by atomic mass is 19.3. The highest BCUT2D eigenvalue weighted by molar-refractivity contribution is 6.13. The molecule has 1 aromatic carbocycles. The molecule has 0 spiro atoms. The van der Waals surface area contributed by atoms with Crippen LogP contribution in [0.2, 0.25) is 0 Å². The zero-order valence-corrected chi connectivity index (χ0v) is 16.3. The number of aryl methyl sites for hydroxylation is 3. The number of fused-ring (bicyclic) bond motifs is 1. The Bertz CT molecular complexity index is 1250. The van der Waals surface area contributed by atoms with E-state index in [0.29, 0.717) is 27.9 Å². The summed E-state index contributed by atoms with van der Waals surface area (Å²) in [4.78, 5) is 17.5. The average molecular weight is 413 g/mol. The normalized spacial score (nSPS) is 11.3. The second kappa shape index (κ2) is 7.54. The van der Waals surface area contributed by atoms with Gasteiger partial charge in [0.1, 0.15) is 5.75 Å². The van der Waals surface area contributed by atoms with Crippen LogP contribution in [0.5, 0.6) is 5.75 Å². The van der Waals surface area contributed by atoms with Crippen LogP contribution in [0.1, 0.15) is 21.6 Å². The van der Waals surface area contributed by atoms with Crippen LogP contribution in [-0.4, -0.2) is 32.4 Å². The molecule has 4 aromatic rings. The van der Waals surface area contributed by atoms with Crippen molar-refractivity contribution < 1.29 is 22.8 Å². The maximum Gasteiger partial charge on any atom is 0.387 e. The molecular formula is C20H17F2N5O3. The highest BCUT2D eigenvalue weighted by Crippen LogP contribution is 2.31. The number of halogens is 2. The van der Waals surface area contributed by atoms with E-state index < -0.39 is 12.5 Å². The van der Waals surface area contributed by atoms with Crippen molar-refractivity contribution in [3.63, 3.8) is 0 Å². The fraction of sp³-hybridized carbons (Fsp3) is 0.200. The van der Waals surface area contributed by atoms with Gasteiger partial charge in [0.05, 0.1) is 34.2 Å². The number of hydrogen-bond acceptors (Lipinski definition) is 6. The number of rotatable bonds is 5. The predicted molar refractivity (Wildman–Crippen MR) is 105 cm³/mol. The van der Waals surface area contributed by atoms with Crippen LogP contribution in [0.25, 0.3) is 22.4 Å². The molecule has 154 valence electrons. The predicted octanol–water partition coefficient (Wildman–Crippen LogP) is 4.09. The maximum absolute atomic E-state index is 13.1. The number of nitrogens with one attached hydrogen (secondary N) is 1. The van der Waals surface area contributed by atoms with Crippen molar-refractivity contribution in [3.05, 3.63) is 53.5 Å². The molecule has 0 aliphatic rings. The van der Waals surface area contributed by atoms with Crippen molar-refractivity contribution in [1.82, 2.24) is 19.9 Å². The van der Waals surface area contributed by atoms with Crippen molar-refractivity contribution in [2.75, 3.05) is 5.32 Å². The van der Waals surface area contributed by atoms with Gasteiger partial charge in [-0.3, -0.25) is 9.48 Å². The van der Waals surface area contributed by atoms with E-state index in [4.69, 9.17) is 4.52 Å².